The zero-order valence-electron chi connectivity index (χ0n) is 13.1. The molecule has 2 atom stereocenters. The van der Waals surface area contributed by atoms with Crippen molar-refractivity contribution in [1.29, 1.82) is 0 Å². The number of nitrogens with zero attached hydrogens (tertiary/aromatic N) is 2. The Labute approximate surface area is 126 Å². The number of piperazine rings is 1. The van der Waals surface area contributed by atoms with E-state index in [0.29, 0.717) is 12.5 Å². The minimum atomic E-state index is -0.887. The van der Waals surface area contributed by atoms with E-state index >= 15 is 0 Å². The van der Waals surface area contributed by atoms with Crippen LogP contribution in [-0.4, -0.2) is 65.7 Å². The lowest BCUT2D eigenvalue weighted by Crippen LogP contribution is -2.58. The maximum atomic E-state index is 12.3. The van der Waals surface area contributed by atoms with Crippen molar-refractivity contribution < 1.29 is 14.7 Å². The van der Waals surface area contributed by atoms with Crippen LogP contribution in [0.15, 0.2) is 0 Å². The standard InChI is InChI=1S/C15H27N3O3/c1-3-15(2,13(19)20)11-16-14(21)18-9-8-17-7-5-4-6-12(17)10-18/h12H,3-11H2,1-2H3,(H,16,21)(H,19,20). The number of carbonyl (C=O) groups is 2. The van der Waals surface area contributed by atoms with E-state index in [2.05, 4.69) is 10.2 Å². The van der Waals surface area contributed by atoms with Gasteiger partial charge in [-0.15, -0.1) is 0 Å². The van der Waals surface area contributed by atoms with Crippen LogP contribution < -0.4 is 5.32 Å². The van der Waals surface area contributed by atoms with Gasteiger partial charge in [-0.2, -0.15) is 0 Å². The summed E-state index contributed by atoms with van der Waals surface area (Å²) in [6, 6.07) is 0.358. The quantitative estimate of drug-likeness (QED) is 0.822. The summed E-state index contributed by atoms with van der Waals surface area (Å²) >= 11 is 0. The van der Waals surface area contributed by atoms with Gasteiger partial charge in [0.15, 0.2) is 0 Å². The Bertz CT molecular complexity index is 402. The van der Waals surface area contributed by atoms with Crippen LogP contribution >= 0.6 is 0 Å². The van der Waals surface area contributed by atoms with E-state index in [1.165, 1.54) is 12.8 Å². The first-order valence-corrected chi connectivity index (χ1v) is 7.96. The maximum absolute atomic E-state index is 12.3. The maximum Gasteiger partial charge on any atom is 0.317 e. The van der Waals surface area contributed by atoms with Crippen LogP contribution in [-0.2, 0) is 4.79 Å². The summed E-state index contributed by atoms with van der Waals surface area (Å²) in [5.74, 6) is -0.859. The van der Waals surface area contributed by atoms with E-state index in [0.717, 1.165) is 32.6 Å². The highest BCUT2D eigenvalue weighted by Crippen LogP contribution is 2.22. The highest BCUT2D eigenvalue weighted by atomic mass is 16.4. The number of piperidine rings is 1. The molecule has 2 rings (SSSR count). The number of amides is 2. The third kappa shape index (κ3) is 3.67. The topological polar surface area (TPSA) is 72.9 Å². The first kappa shape index (κ1) is 16.1. The molecule has 2 aliphatic rings. The molecule has 0 radical (unpaired) electrons. The Morgan fingerprint density at radius 1 is 1.29 bits per heavy atom. The van der Waals surface area contributed by atoms with Gasteiger partial charge in [0.2, 0.25) is 0 Å². The van der Waals surface area contributed by atoms with E-state index in [1.54, 1.807) is 6.92 Å². The number of carboxylic acids is 1. The van der Waals surface area contributed by atoms with Crippen LogP contribution in [0.5, 0.6) is 0 Å². The zero-order valence-corrected chi connectivity index (χ0v) is 13.1. The van der Waals surface area contributed by atoms with Crippen molar-refractivity contribution in [3.8, 4) is 0 Å². The van der Waals surface area contributed by atoms with E-state index < -0.39 is 11.4 Å². The molecule has 6 heteroatoms. The van der Waals surface area contributed by atoms with Crippen LogP contribution in [0, 0.1) is 5.41 Å². The van der Waals surface area contributed by atoms with Gasteiger partial charge >= 0.3 is 12.0 Å². The van der Waals surface area contributed by atoms with Gasteiger partial charge in [-0.1, -0.05) is 13.3 Å². The summed E-state index contributed by atoms with van der Waals surface area (Å²) in [6.45, 7) is 7.27. The number of hydrogen-bond acceptors (Lipinski definition) is 3. The van der Waals surface area contributed by atoms with Gasteiger partial charge in [-0.3, -0.25) is 9.69 Å². The number of hydrogen-bond donors (Lipinski definition) is 2. The minimum Gasteiger partial charge on any atom is -0.481 e. The third-order valence-electron chi connectivity index (χ3n) is 5.05. The fourth-order valence-electron chi connectivity index (χ4n) is 3.07. The molecule has 2 saturated heterocycles. The Hall–Kier alpha value is -1.30. The van der Waals surface area contributed by atoms with Crippen molar-refractivity contribution in [2.24, 2.45) is 5.41 Å². The number of nitrogens with one attached hydrogen (secondary N) is 1. The van der Waals surface area contributed by atoms with E-state index in [4.69, 9.17) is 0 Å². The smallest absolute Gasteiger partial charge is 0.317 e. The molecule has 0 aromatic heterocycles. The monoisotopic (exact) mass is 297 g/mol. The van der Waals surface area contributed by atoms with Gasteiger partial charge in [0.1, 0.15) is 0 Å². The molecule has 0 saturated carbocycles. The van der Waals surface area contributed by atoms with E-state index in [-0.39, 0.29) is 12.6 Å². The molecule has 2 aliphatic heterocycles. The second-order valence-electron chi connectivity index (χ2n) is 6.51. The molecule has 6 nitrogen and oxygen atoms in total. The highest BCUT2D eigenvalue weighted by Gasteiger charge is 2.34. The Morgan fingerprint density at radius 3 is 2.71 bits per heavy atom. The Balaban J connectivity index is 1.85. The molecule has 0 spiro atoms. The molecule has 120 valence electrons. The number of carboxylic acid groups (broad SMARTS) is 1. The average molecular weight is 297 g/mol. The normalized spacial score (nSPS) is 25.8. The van der Waals surface area contributed by atoms with Crippen molar-refractivity contribution in [3.63, 3.8) is 0 Å². The molecular formula is C15H27N3O3. The predicted octanol–water partition coefficient (Wildman–Crippen LogP) is 1.37. The number of urea groups is 1. The first-order chi connectivity index (χ1) is 9.96. The summed E-state index contributed by atoms with van der Waals surface area (Å²) in [5, 5.41) is 12.0. The van der Waals surface area contributed by atoms with Crippen LogP contribution in [0.1, 0.15) is 39.5 Å². The van der Waals surface area contributed by atoms with Crippen molar-refractivity contribution in [1.82, 2.24) is 15.1 Å². The number of fused-ring (bicyclic) bond motifs is 1. The van der Waals surface area contributed by atoms with Gasteiger partial charge in [0.05, 0.1) is 5.41 Å². The molecule has 2 heterocycles. The zero-order chi connectivity index (χ0) is 15.5. The predicted molar refractivity (Wildman–Crippen MR) is 80.2 cm³/mol. The van der Waals surface area contributed by atoms with Crippen molar-refractivity contribution >= 4 is 12.0 Å². The highest BCUT2D eigenvalue weighted by molar-refractivity contribution is 5.78. The van der Waals surface area contributed by atoms with Crippen molar-refractivity contribution in [2.75, 3.05) is 32.7 Å². The molecule has 2 amide bonds. The Kier molecular flexibility index (Phi) is 5.08. The minimum absolute atomic E-state index is 0.124. The molecule has 0 aromatic carbocycles. The van der Waals surface area contributed by atoms with Gasteiger partial charge < -0.3 is 15.3 Å². The van der Waals surface area contributed by atoms with Crippen LogP contribution in [0.25, 0.3) is 0 Å². The molecule has 0 aromatic rings. The molecule has 0 aliphatic carbocycles. The third-order valence-corrected chi connectivity index (χ3v) is 5.05. The van der Waals surface area contributed by atoms with Crippen molar-refractivity contribution in [2.45, 2.75) is 45.6 Å². The fourth-order valence-corrected chi connectivity index (χ4v) is 3.07. The Morgan fingerprint density at radius 2 is 2.05 bits per heavy atom. The number of rotatable bonds is 4. The molecule has 0 bridgehead atoms. The second-order valence-corrected chi connectivity index (χ2v) is 6.51. The number of carbonyl (C=O) groups excluding carboxylic acids is 1. The van der Waals surface area contributed by atoms with E-state index in [9.17, 15) is 14.7 Å². The summed E-state index contributed by atoms with van der Waals surface area (Å²) in [5.41, 5.74) is -0.887. The molecular weight excluding hydrogens is 270 g/mol. The average Bonchev–Trinajstić information content (AvgIpc) is 2.51. The second kappa shape index (κ2) is 6.64. The van der Waals surface area contributed by atoms with E-state index in [1.807, 2.05) is 11.8 Å². The van der Waals surface area contributed by atoms with Crippen molar-refractivity contribution in [3.05, 3.63) is 0 Å². The van der Waals surface area contributed by atoms with Gasteiger partial charge in [0, 0.05) is 32.2 Å². The van der Waals surface area contributed by atoms with Crippen LogP contribution in [0.2, 0.25) is 0 Å². The summed E-state index contributed by atoms with van der Waals surface area (Å²) in [7, 11) is 0. The fraction of sp³-hybridized carbons (Fsp3) is 0.867. The van der Waals surface area contributed by atoms with Gasteiger partial charge in [0.25, 0.3) is 0 Å². The number of aliphatic carboxylic acids is 1. The molecule has 2 N–H and O–H groups in total. The lowest BCUT2D eigenvalue weighted by molar-refractivity contribution is -0.147. The van der Waals surface area contributed by atoms with Crippen LogP contribution in [0.3, 0.4) is 0 Å². The first-order valence-electron chi connectivity index (χ1n) is 7.96. The molecule has 2 unspecified atom stereocenters. The molecule has 21 heavy (non-hydrogen) atoms. The van der Waals surface area contributed by atoms with Gasteiger partial charge in [-0.05, 0) is 32.7 Å². The van der Waals surface area contributed by atoms with Gasteiger partial charge in [-0.25, -0.2) is 4.79 Å². The molecule has 2 fully saturated rings. The van der Waals surface area contributed by atoms with Crippen LogP contribution in [0.4, 0.5) is 4.79 Å². The lowest BCUT2D eigenvalue weighted by atomic mass is 9.88. The largest absolute Gasteiger partial charge is 0.481 e. The summed E-state index contributed by atoms with van der Waals surface area (Å²) in [4.78, 5) is 27.8. The summed E-state index contributed by atoms with van der Waals surface area (Å²) in [6.07, 6.45) is 4.16. The summed E-state index contributed by atoms with van der Waals surface area (Å²) < 4.78 is 0. The lowest BCUT2D eigenvalue weighted by Gasteiger charge is -2.44. The SMILES string of the molecule is CCC(C)(CNC(=O)N1CCN2CCCCC2C1)C(=O)O.